The molecular formula is C13H13NO3S3. The van der Waals surface area contributed by atoms with Gasteiger partial charge in [-0.1, -0.05) is 43.9 Å². The molecule has 0 spiro atoms. The first-order valence-electron chi connectivity index (χ1n) is 5.95. The maximum Gasteiger partial charge on any atom is 0.327 e. The first-order valence-corrected chi connectivity index (χ1v) is 8.05. The molecule has 0 aliphatic carbocycles. The van der Waals surface area contributed by atoms with Crippen LogP contribution in [-0.4, -0.2) is 32.2 Å². The van der Waals surface area contributed by atoms with Gasteiger partial charge < -0.3 is 5.11 Å². The average molecular weight is 327 g/mol. The van der Waals surface area contributed by atoms with Crippen molar-refractivity contribution >= 4 is 57.6 Å². The number of carboxylic acid groups (broad SMARTS) is 1. The van der Waals surface area contributed by atoms with E-state index in [2.05, 4.69) is 0 Å². The van der Waals surface area contributed by atoms with Gasteiger partial charge in [0.05, 0.1) is 4.91 Å². The molecule has 2 heterocycles. The molecule has 20 heavy (non-hydrogen) atoms. The van der Waals surface area contributed by atoms with Crippen molar-refractivity contribution in [2.24, 2.45) is 5.92 Å². The molecule has 0 radical (unpaired) electrons. The molecule has 2 rings (SSSR count). The van der Waals surface area contributed by atoms with Crippen molar-refractivity contribution < 1.29 is 14.7 Å². The van der Waals surface area contributed by atoms with Crippen LogP contribution in [0.2, 0.25) is 0 Å². The number of nitrogens with zero attached hydrogens (tertiary/aromatic N) is 1. The van der Waals surface area contributed by atoms with Gasteiger partial charge >= 0.3 is 5.97 Å². The number of carbonyl (C=O) groups excluding carboxylic acids is 1. The first kappa shape index (κ1) is 15.2. The van der Waals surface area contributed by atoms with Crippen LogP contribution in [0.25, 0.3) is 6.08 Å². The molecule has 0 saturated carbocycles. The van der Waals surface area contributed by atoms with Crippen LogP contribution in [0.4, 0.5) is 0 Å². The standard InChI is InChI=1S/C13H13NO3S3/c1-7(2)10(12(16)17)14-11(15)9(20-13(14)18)6-8-4-3-5-19-8/h3-7,10H,1-2H3,(H,16,17)/b9-6-/t10-/m0/s1. The summed E-state index contributed by atoms with van der Waals surface area (Å²) in [6.45, 7) is 3.53. The molecule has 1 atom stereocenters. The Morgan fingerprint density at radius 2 is 2.20 bits per heavy atom. The van der Waals surface area contributed by atoms with Gasteiger partial charge in [0.2, 0.25) is 0 Å². The van der Waals surface area contributed by atoms with Crippen molar-refractivity contribution in [3.05, 3.63) is 27.3 Å². The van der Waals surface area contributed by atoms with Gasteiger partial charge in [-0.05, 0) is 23.4 Å². The maximum absolute atomic E-state index is 12.4. The second kappa shape index (κ2) is 6.07. The molecule has 0 aromatic carbocycles. The fourth-order valence-electron chi connectivity index (χ4n) is 1.92. The van der Waals surface area contributed by atoms with E-state index in [1.54, 1.807) is 19.9 Å². The molecule has 1 amide bonds. The van der Waals surface area contributed by atoms with E-state index in [1.807, 2.05) is 17.5 Å². The minimum Gasteiger partial charge on any atom is -0.480 e. The van der Waals surface area contributed by atoms with Crippen LogP contribution in [0.15, 0.2) is 22.4 Å². The van der Waals surface area contributed by atoms with Crippen LogP contribution < -0.4 is 0 Å². The van der Waals surface area contributed by atoms with E-state index >= 15 is 0 Å². The minimum atomic E-state index is -1.03. The highest BCUT2D eigenvalue weighted by molar-refractivity contribution is 8.26. The number of carboxylic acids is 1. The summed E-state index contributed by atoms with van der Waals surface area (Å²) in [6, 6.07) is 2.87. The van der Waals surface area contributed by atoms with Crippen LogP contribution in [0, 0.1) is 5.92 Å². The molecule has 106 valence electrons. The third-order valence-electron chi connectivity index (χ3n) is 2.80. The highest BCUT2D eigenvalue weighted by Crippen LogP contribution is 2.35. The summed E-state index contributed by atoms with van der Waals surface area (Å²) in [5.41, 5.74) is 0. The molecule has 1 N–H and O–H groups in total. The first-order chi connectivity index (χ1) is 9.41. The van der Waals surface area contributed by atoms with E-state index in [-0.39, 0.29) is 11.8 Å². The lowest BCUT2D eigenvalue weighted by molar-refractivity contribution is -0.146. The zero-order valence-electron chi connectivity index (χ0n) is 10.9. The summed E-state index contributed by atoms with van der Waals surface area (Å²) < 4.78 is 0.305. The van der Waals surface area contributed by atoms with Crippen LogP contribution in [0.5, 0.6) is 0 Å². The molecule has 4 nitrogen and oxygen atoms in total. The molecule has 1 fully saturated rings. The Labute approximate surface area is 130 Å². The summed E-state index contributed by atoms with van der Waals surface area (Å²) in [5, 5.41) is 11.2. The number of aliphatic carboxylic acids is 1. The largest absolute Gasteiger partial charge is 0.480 e. The van der Waals surface area contributed by atoms with E-state index in [1.165, 1.54) is 16.2 Å². The molecule has 1 aliphatic rings. The fraction of sp³-hybridized carbons (Fsp3) is 0.308. The molecule has 7 heteroatoms. The van der Waals surface area contributed by atoms with Gasteiger partial charge in [-0.25, -0.2) is 4.79 Å². The number of rotatable bonds is 4. The summed E-state index contributed by atoms with van der Waals surface area (Å²) in [5.74, 6) is -1.57. The molecule has 1 aromatic heterocycles. The second-order valence-corrected chi connectivity index (χ2v) is 7.25. The van der Waals surface area contributed by atoms with Crippen molar-refractivity contribution in [3.63, 3.8) is 0 Å². The number of thiophene rings is 1. The number of thioether (sulfide) groups is 1. The number of hydrogen-bond acceptors (Lipinski definition) is 5. The third kappa shape index (κ3) is 2.94. The van der Waals surface area contributed by atoms with Crippen molar-refractivity contribution in [3.8, 4) is 0 Å². The number of thiocarbonyl (C=S) groups is 1. The predicted octanol–water partition coefficient (Wildman–Crippen LogP) is 3.06. The summed E-state index contributed by atoms with van der Waals surface area (Å²) >= 11 is 7.84. The zero-order chi connectivity index (χ0) is 14.9. The van der Waals surface area contributed by atoms with Gasteiger partial charge in [-0.15, -0.1) is 11.3 Å². The van der Waals surface area contributed by atoms with Gasteiger partial charge in [-0.2, -0.15) is 0 Å². The summed E-state index contributed by atoms with van der Waals surface area (Å²) in [4.78, 5) is 26.4. The smallest absolute Gasteiger partial charge is 0.327 e. The Balaban J connectivity index is 2.31. The van der Waals surface area contributed by atoms with Gasteiger partial charge in [0.25, 0.3) is 5.91 Å². The number of amides is 1. The van der Waals surface area contributed by atoms with Gasteiger partial charge in [0.15, 0.2) is 0 Å². The SMILES string of the molecule is CC(C)[C@@H](C(=O)O)N1C(=O)/C(=C/c2cccs2)SC1=S. The van der Waals surface area contributed by atoms with Gasteiger partial charge in [0, 0.05) is 4.88 Å². The monoisotopic (exact) mass is 327 g/mol. The van der Waals surface area contributed by atoms with E-state index in [0.29, 0.717) is 9.23 Å². The average Bonchev–Trinajstić information content (AvgIpc) is 2.93. The van der Waals surface area contributed by atoms with Gasteiger partial charge in [0.1, 0.15) is 10.4 Å². The van der Waals surface area contributed by atoms with E-state index in [9.17, 15) is 14.7 Å². The summed E-state index contributed by atoms with van der Waals surface area (Å²) in [6.07, 6.45) is 1.75. The number of hydrogen-bond donors (Lipinski definition) is 1. The fourth-order valence-corrected chi connectivity index (χ4v) is 3.97. The Kier molecular flexibility index (Phi) is 4.62. The van der Waals surface area contributed by atoms with E-state index in [4.69, 9.17) is 12.2 Å². The molecule has 1 saturated heterocycles. The van der Waals surface area contributed by atoms with Crippen molar-refractivity contribution in [2.75, 3.05) is 0 Å². The van der Waals surface area contributed by atoms with Crippen molar-refractivity contribution in [1.82, 2.24) is 4.90 Å². The number of carbonyl (C=O) groups is 2. The lowest BCUT2D eigenvalue weighted by atomic mass is 10.0. The van der Waals surface area contributed by atoms with Gasteiger partial charge in [-0.3, -0.25) is 9.69 Å². The second-order valence-electron chi connectivity index (χ2n) is 4.59. The Morgan fingerprint density at radius 3 is 2.70 bits per heavy atom. The molecule has 0 unspecified atom stereocenters. The highest BCUT2D eigenvalue weighted by atomic mass is 32.2. The molecule has 0 bridgehead atoms. The van der Waals surface area contributed by atoms with Crippen LogP contribution >= 0.6 is 35.3 Å². The molecule has 1 aliphatic heterocycles. The van der Waals surface area contributed by atoms with Crippen molar-refractivity contribution in [1.29, 1.82) is 0 Å². The minimum absolute atomic E-state index is 0.212. The molecular weight excluding hydrogens is 314 g/mol. The highest BCUT2D eigenvalue weighted by Gasteiger charge is 2.41. The topological polar surface area (TPSA) is 57.6 Å². The van der Waals surface area contributed by atoms with Crippen LogP contribution in [0.3, 0.4) is 0 Å². The maximum atomic E-state index is 12.4. The Morgan fingerprint density at radius 1 is 1.50 bits per heavy atom. The quantitative estimate of drug-likeness (QED) is 0.680. The normalized spacial score (nSPS) is 19.1. The molecule has 1 aromatic rings. The van der Waals surface area contributed by atoms with Crippen molar-refractivity contribution in [2.45, 2.75) is 19.9 Å². The Hall–Kier alpha value is -1.18. The van der Waals surface area contributed by atoms with E-state index < -0.39 is 12.0 Å². The lowest BCUT2D eigenvalue weighted by Crippen LogP contribution is -2.47. The van der Waals surface area contributed by atoms with E-state index in [0.717, 1.165) is 16.6 Å². The van der Waals surface area contributed by atoms with Crippen LogP contribution in [-0.2, 0) is 9.59 Å². The van der Waals surface area contributed by atoms with Crippen LogP contribution in [0.1, 0.15) is 18.7 Å². The zero-order valence-corrected chi connectivity index (χ0v) is 13.3. The predicted molar refractivity (Wildman–Crippen MR) is 85.6 cm³/mol. The lowest BCUT2D eigenvalue weighted by Gasteiger charge is -2.26. The Bertz CT molecular complexity index is 578. The third-order valence-corrected chi connectivity index (χ3v) is 4.95. The summed E-state index contributed by atoms with van der Waals surface area (Å²) in [7, 11) is 0.